The van der Waals surface area contributed by atoms with E-state index in [1.54, 1.807) is 24.3 Å². The minimum atomic E-state index is -3.30. The number of nitrogens with zero attached hydrogens (tertiary/aromatic N) is 2. The molecule has 0 bridgehead atoms. The van der Waals surface area contributed by atoms with Crippen LogP contribution >= 0.6 is 0 Å². The minimum absolute atomic E-state index is 0.123. The summed E-state index contributed by atoms with van der Waals surface area (Å²) in [5.41, 5.74) is 1.05. The lowest BCUT2D eigenvalue weighted by atomic mass is 9.69. The predicted molar refractivity (Wildman–Crippen MR) is 230 cm³/mol. The number of hydrogen-bond donors (Lipinski definition) is 2. The fourth-order valence-electron chi connectivity index (χ4n) is 10.5. The van der Waals surface area contributed by atoms with Gasteiger partial charge in [-0.15, -0.1) is 0 Å². The normalized spacial score (nSPS) is 25.0. The van der Waals surface area contributed by atoms with Gasteiger partial charge in [-0.3, -0.25) is 9.59 Å². The lowest BCUT2D eigenvalue weighted by Gasteiger charge is -2.46. The summed E-state index contributed by atoms with van der Waals surface area (Å²) in [6.07, 6.45) is 18.8. The summed E-state index contributed by atoms with van der Waals surface area (Å²) >= 11 is 0. The number of amides is 2. The van der Waals surface area contributed by atoms with Crippen LogP contribution in [0.5, 0.6) is 0 Å². The van der Waals surface area contributed by atoms with Crippen molar-refractivity contribution in [3.8, 4) is 0 Å². The van der Waals surface area contributed by atoms with E-state index in [1.807, 2.05) is 4.90 Å². The van der Waals surface area contributed by atoms with Crippen LogP contribution < -0.4 is 9.44 Å². The molecule has 59 heavy (non-hydrogen) atoms. The van der Waals surface area contributed by atoms with Gasteiger partial charge in [0, 0.05) is 61.9 Å². The van der Waals surface area contributed by atoms with Crippen molar-refractivity contribution >= 4 is 31.9 Å². The number of carbonyl (C=O) groups is 2. The summed E-state index contributed by atoms with van der Waals surface area (Å²) in [6.45, 7) is 6.33. The maximum Gasteiger partial charge on any atom is 0.223 e. The molecule has 6 rings (SSSR count). The quantitative estimate of drug-likeness (QED) is 0.178. The summed E-state index contributed by atoms with van der Waals surface area (Å²) in [5, 5.41) is 0. The van der Waals surface area contributed by atoms with E-state index in [0.717, 1.165) is 36.5 Å². The second kappa shape index (κ2) is 20.8. The predicted octanol–water partition coefficient (Wildman–Crippen LogP) is 7.58. The Morgan fingerprint density at radius 2 is 0.983 bits per heavy atom. The molecule has 2 heterocycles. The molecular formula is C45H68F2N4O6S2. The van der Waals surface area contributed by atoms with E-state index in [-0.39, 0.29) is 47.5 Å². The zero-order valence-corrected chi connectivity index (χ0v) is 37.3. The number of piperidine rings is 2. The second-order valence-electron chi connectivity index (χ2n) is 18.1. The van der Waals surface area contributed by atoms with Gasteiger partial charge in [-0.2, -0.15) is 0 Å². The Balaban J connectivity index is 0.000000224. The average molecular weight is 863 g/mol. The molecular weight excluding hydrogens is 795 g/mol. The summed E-state index contributed by atoms with van der Waals surface area (Å²) in [5.74, 6) is 0.839. The van der Waals surface area contributed by atoms with E-state index in [0.29, 0.717) is 63.6 Å². The number of likely N-dealkylation sites (tertiary alicyclic amines) is 2. The van der Waals surface area contributed by atoms with Gasteiger partial charge in [0.1, 0.15) is 11.6 Å². The SMILES string of the molecule is C[C@@H](C1CCCCC1)N1CCC(CCCNS(C)(=O)=O)(c2ccc(F)cc2)CC1=O.C[C@@H](C1CCCCC1)N1CCC(CCNS(C)(=O)=O)(c2ccc(F)cc2)CC1=O. The number of halogens is 2. The van der Waals surface area contributed by atoms with Crippen molar-refractivity contribution in [2.24, 2.45) is 11.8 Å². The van der Waals surface area contributed by atoms with Crippen LogP contribution in [0.25, 0.3) is 0 Å². The van der Waals surface area contributed by atoms with Crippen LogP contribution in [0, 0.1) is 23.5 Å². The third-order valence-corrected chi connectivity index (χ3v) is 15.5. The number of sulfonamides is 2. The standard InChI is InChI=1S/C23H35FN2O3S.C22H33FN2O3S/c1-18(19-7-4-3-5-8-19)26-16-14-23(17-22(26)27,13-6-15-25-30(2,28)29)20-9-11-21(24)12-10-20;1-17(18-6-4-3-5-7-18)25-15-13-22(16-21(25)26,12-14-24-29(2,27)28)19-8-10-20(23)11-9-19/h9-12,18-19,25H,3-8,13-17H2,1-2H3;8-11,17-18,24H,3-7,12-16H2,1-2H3/t18-,23?;17-,22?/m00/s1. The van der Waals surface area contributed by atoms with Gasteiger partial charge >= 0.3 is 0 Å². The van der Waals surface area contributed by atoms with Crippen molar-refractivity contribution in [1.82, 2.24) is 19.2 Å². The second-order valence-corrected chi connectivity index (χ2v) is 21.7. The Morgan fingerprint density at radius 3 is 1.36 bits per heavy atom. The van der Waals surface area contributed by atoms with Crippen LogP contribution in [-0.2, 0) is 40.5 Å². The highest BCUT2D eigenvalue weighted by Gasteiger charge is 2.44. The fraction of sp³-hybridized carbons (Fsp3) is 0.689. The number of rotatable bonds is 15. The van der Waals surface area contributed by atoms with Crippen LogP contribution in [-0.4, -0.2) is 89.2 Å². The van der Waals surface area contributed by atoms with Gasteiger partial charge in [0.2, 0.25) is 31.9 Å². The highest BCUT2D eigenvalue weighted by molar-refractivity contribution is 7.89. The lowest BCUT2D eigenvalue weighted by Crippen LogP contribution is -2.52. The van der Waals surface area contributed by atoms with E-state index >= 15 is 0 Å². The first-order valence-corrected chi connectivity index (χ1v) is 25.7. The number of hydrogen-bond acceptors (Lipinski definition) is 6. The minimum Gasteiger partial charge on any atom is -0.340 e. The molecule has 330 valence electrons. The zero-order chi connectivity index (χ0) is 42.8. The molecule has 2 aliphatic carbocycles. The molecule has 0 aromatic heterocycles. The lowest BCUT2D eigenvalue weighted by molar-refractivity contribution is -0.140. The molecule has 4 atom stereocenters. The first-order chi connectivity index (χ1) is 27.9. The van der Waals surface area contributed by atoms with E-state index < -0.39 is 25.5 Å². The Morgan fingerprint density at radius 1 is 0.610 bits per heavy atom. The zero-order valence-electron chi connectivity index (χ0n) is 35.7. The monoisotopic (exact) mass is 862 g/mol. The van der Waals surface area contributed by atoms with Crippen molar-refractivity contribution in [2.45, 2.75) is 146 Å². The molecule has 4 aliphatic rings. The molecule has 2 saturated carbocycles. The van der Waals surface area contributed by atoms with Crippen molar-refractivity contribution < 1.29 is 35.2 Å². The molecule has 10 nitrogen and oxygen atoms in total. The number of nitrogens with one attached hydrogen (secondary N) is 2. The smallest absolute Gasteiger partial charge is 0.223 e. The molecule has 2 amide bonds. The van der Waals surface area contributed by atoms with Crippen molar-refractivity contribution in [1.29, 1.82) is 0 Å². The molecule has 2 aromatic rings. The first-order valence-electron chi connectivity index (χ1n) is 21.9. The molecule has 0 spiro atoms. The van der Waals surface area contributed by atoms with Crippen LogP contribution in [0.3, 0.4) is 0 Å². The molecule has 2 aliphatic heterocycles. The van der Waals surface area contributed by atoms with Crippen LogP contribution in [0.1, 0.15) is 134 Å². The van der Waals surface area contributed by atoms with Crippen molar-refractivity contribution in [3.05, 3.63) is 71.3 Å². The van der Waals surface area contributed by atoms with Gasteiger partial charge in [-0.1, -0.05) is 62.8 Å². The van der Waals surface area contributed by atoms with Gasteiger partial charge in [-0.25, -0.2) is 35.1 Å². The number of benzene rings is 2. The Kier molecular flexibility index (Phi) is 16.6. The third kappa shape index (κ3) is 13.3. The van der Waals surface area contributed by atoms with Crippen LogP contribution in [0.15, 0.2) is 48.5 Å². The maximum absolute atomic E-state index is 13.5. The Bertz CT molecular complexity index is 1900. The Hall–Kier alpha value is -2.94. The molecule has 4 fully saturated rings. The van der Waals surface area contributed by atoms with Crippen LogP contribution in [0.2, 0.25) is 0 Å². The molecule has 14 heteroatoms. The molecule has 0 radical (unpaired) electrons. The third-order valence-electron chi connectivity index (χ3n) is 14.0. The molecule has 2 N–H and O–H groups in total. The Labute approximate surface area is 352 Å². The van der Waals surface area contributed by atoms with E-state index in [1.165, 1.54) is 88.5 Å². The van der Waals surface area contributed by atoms with Crippen molar-refractivity contribution in [2.75, 3.05) is 38.7 Å². The van der Waals surface area contributed by atoms with Gasteiger partial charge in [0.25, 0.3) is 0 Å². The van der Waals surface area contributed by atoms with Gasteiger partial charge < -0.3 is 9.80 Å². The summed E-state index contributed by atoms with van der Waals surface area (Å²) < 4.78 is 77.8. The highest BCUT2D eigenvalue weighted by atomic mass is 32.2. The topological polar surface area (TPSA) is 133 Å². The summed E-state index contributed by atoms with van der Waals surface area (Å²) in [6, 6.07) is 13.3. The summed E-state index contributed by atoms with van der Waals surface area (Å²) in [7, 11) is -6.53. The summed E-state index contributed by atoms with van der Waals surface area (Å²) in [4.78, 5) is 30.6. The fourth-order valence-corrected chi connectivity index (χ4v) is 11.4. The number of carbonyl (C=O) groups excluding carboxylic acids is 2. The van der Waals surface area contributed by atoms with E-state index in [9.17, 15) is 35.2 Å². The molecule has 2 aromatic carbocycles. The largest absolute Gasteiger partial charge is 0.340 e. The van der Waals surface area contributed by atoms with Gasteiger partial charge in [-0.05, 0) is 119 Å². The van der Waals surface area contributed by atoms with Crippen molar-refractivity contribution in [3.63, 3.8) is 0 Å². The first kappa shape index (κ1) is 47.1. The van der Waals surface area contributed by atoms with E-state index in [2.05, 4.69) is 28.2 Å². The van der Waals surface area contributed by atoms with Gasteiger partial charge in [0.05, 0.1) is 12.5 Å². The molecule has 2 saturated heterocycles. The van der Waals surface area contributed by atoms with Crippen LogP contribution in [0.4, 0.5) is 8.78 Å². The highest BCUT2D eigenvalue weighted by Crippen LogP contribution is 2.43. The average Bonchev–Trinajstić information content (AvgIpc) is 3.20. The van der Waals surface area contributed by atoms with E-state index in [4.69, 9.17) is 0 Å². The molecule has 2 unspecified atom stereocenters. The van der Waals surface area contributed by atoms with Gasteiger partial charge in [0.15, 0.2) is 0 Å². The maximum atomic E-state index is 13.5.